The molecule has 1 fully saturated rings. The molecule has 1 aliphatic heterocycles. The van der Waals surface area contributed by atoms with E-state index in [4.69, 9.17) is 9.72 Å². The molecule has 0 bridgehead atoms. The van der Waals surface area contributed by atoms with Gasteiger partial charge in [-0.3, -0.25) is 9.89 Å². The maximum atomic E-state index is 13.7. The molecule has 5 aromatic rings. The molecule has 0 saturated carbocycles. The predicted octanol–water partition coefficient (Wildman–Crippen LogP) is 5.34. The number of phenols is 1. The number of ether oxygens (including phenoxy) is 1. The number of piperazine rings is 1. The van der Waals surface area contributed by atoms with Crippen molar-refractivity contribution in [3.63, 3.8) is 0 Å². The van der Waals surface area contributed by atoms with Crippen molar-refractivity contribution in [3.8, 4) is 28.5 Å². The van der Waals surface area contributed by atoms with E-state index < -0.39 is 0 Å². The van der Waals surface area contributed by atoms with Crippen LogP contribution >= 0.6 is 0 Å². The van der Waals surface area contributed by atoms with Gasteiger partial charge < -0.3 is 20.1 Å². The third-order valence-corrected chi connectivity index (χ3v) is 6.65. The maximum Gasteiger partial charge on any atom is 0.254 e. The van der Waals surface area contributed by atoms with Gasteiger partial charge in [0.2, 0.25) is 0 Å². The zero-order chi connectivity index (χ0) is 26.6. The van der Waals surface area contributed by atoms with Crippen molar-refractivity contribution >= 4 is 29.1 Å². The fourth-order valence-electron chi connectivity index (χ4n) is 4.61. The fraction of sp³-hybridized carbons (Fsp3) is 0.129. The van der Waals surface area contributed by atoms with Crippen molar-refractivity contribution in [2.45, 2.75) is 0 Å². The largest absolute Gasteiger partial charge is 0.508 e. The minimum atomic E-state index is -0.0533. The minimum absolute atomic E-state index is 0.0533. The SMILES string of the molecule is O=C(c1cc(-c2ccc(O)cc2)nc2n[nH]c(C=Cc3ccc(Oc4ccccc4)cc3)c12)N1CCNCC1. The monoisotopic (exact) mass is 517 g/mol. The standard InChI is InChI=1S/C31H27N5O3/c37-23-11-9-22(10-12-23)28-20-26(31(38)36-18-16-32-17-19-36)29-27(34-35-30(29)33-28)15-8-21-6-13-25(14-7-21)39-24-4-2-1-3-5-24/h1-15,20,32,37H,16-19H2,(H,33,34,35). The fourth-order valence-corrected chi connectivity index (χ4v) is 4.61. The van der Waals surface area contributed by atoms with Gasteiger partial charge in [-0.15, -0.1) is 0 Å². The number of benzene rings is 3. The Hall–Kier alpha value is -4.95. The van der Waals surface area contributed by atoms with Crippen molar-refractivity contribution in [2.24, 2.45) is 0 Å². The minimum Gasteiger partial charge on any atom is -0.508 e. The molecular formula is C31H27N5O3. The van der Waals surface area contributed by atoms with Gasteiger partial charge in [0.15, 0.2) is 5.65 Å². The van der Waals surface area contributed by atoms with Gasteiger partial charge in [0.05, 0.1) is 22.3 Å². The molecular weight excluding hydrogens is 490 g/mol. The lowest BCUT2D eigenvalue weighted by Crippen LogP contribution is -2.46. The third-order valence-electron chi connectivity index (χ3n) is 6.65. The number of nitrogens with one attached hydrogen (secondary N) is 2. The second-order valence-corrected chi connectivity index (χ2v) is 9.30. The van der Waals surface area contributed by atoms with E-state index in [1.54, 1.807) is 24.3 Å². The van der Waals surface area contributed by atoms with E-state index in [1.165, 1.54) is 0 Å². The van der Waals surface area contributed by atoms with Gasteiger partial charge in [-0.05, 0) is 66.2 Å². The second-order valence-electron chi connectivity index (χ2n) is 9.30. The molecule has 3 heterocycles. The van der Waals surface area contributed by atoms with Crippen LogP contribution in [0.25, 0.3) is 34.4 Å². The molecule has 0 unspecified atom stereocenters. The number of H-pyrrole nitrogens is 1. The third kappa shape index (κ3) is 5.37. The molecule has 1 amide bonds. The molecule has 3 aromatic carbocycles. The van der Waals surface area contributed by atoms with Crippen molar-refractivity contribution in [3.05, 3.63) is 102 Å². The van der Waals surface area contributed by atoms with Crippen LogP contribution in [-0.2, 0) is 0 Å². The zero-order valence-electron chi connectivity index (χ0n) is 21.2. The van der Waals surface area contributed by atoms with E-state index in [0.29, 0.717) is 41.1 Å². The molecule has 1 aliphatic rings. The van der Waals surface area contributed by atoms with Crippen molar-refractivity contribution in [1.29, 1.82) is 0 Å². The first-order valence-electron chi connectivity index (χ1n) is 12.8. The number of pyridine rings is 1. The highest BCUT2D eigenvalue weighted by atomic mass is 16.5. The summed E-state index contributed by atoms with van der Waals surface area (Å²) in [6, 6.07) is 26.0. The molecule has 2 aromatic heterocycles. The van der Waals surface area contributed by atoms with Crippen LogP contribution in [0.15, 0.2) is 84.9 Å². The zero-order valence-corrected chi connectivity index (χ0v) is 21.2. The van der Waals surface area contributed by atoms with E-state index in [-0.39, 0.29) is 11.7 Å². The number of phenolic OH excluding ortho intramolecular Hbond substituents is 1. The first-order valence-corrected chi connectivity index (χ1v) is 12.8. The molecule has 8 nitrogen and oxygen atoms in total. The Bertz CT molecular complexity index is 1620. The highest BCUT2D eigenvalue weighted by Gasteiger charge is 2.24. The summed E-state index contributed by atoms with van der Waals surface area (Å²) >= 11 is 0. The lowest BCUT2D eigenvalue weighted by molar-refractivity contribution is 0.0737. The lowest BCUT2D eigenvalue weighted by Gasteiger charge is -2.27. The van der Waals surface area contributed by atoms with Gasteiger partial charge in [0.25, 0.3) is 5.91 Å². The lowest BCUT2D eigenvalue weighted by atomic mass is 10.0. The van der Waals surface area contributed by atoms with Crippen LogP contribution in [0.3, 0.4) is 0 Å². The number of aromatic hydroxyl groups is 1. The number of para-hydroxylation sites is 1. The summed E-state index contributed by atoms with van der Waals surface area (Å²) in [4.78, 5) is 20.3. The van der Waals surface area contributed by atoms with Gasteiger partial charge in [-0.2, -0.15) is 5.10 Å². The Kier molecular flexibility index (Phi) is 6.76. The van der Waals surface area contributed by atoms with Crippen LogP contribution < -0.4 is 10.1 Å². The van der Waals surface area contributed by atoms with Crippen LogP contribution in [-0.4, -0.2) is 57.3 Å². The number of aromatic nitrogens is 3. The molecule has 0 aliphatic carbocycles. The molecule has 8 heteroatoms. The predicted molar refractivity (Wildman–Crippen MR) is 152 cm³/mol. The van der Waals surface area contributed by atoms with E-state index in [9.17, 15) is 9.90 Å². The van der Waals surface area contributed by atoms with Crippen LogP contribution in [0.2, 0.25) is 0 Å². The topological polar surface area (TPSA) is 103 Å². The molecule has 3 N–H and O–H groups in total. The number of aromatic amines is 1. The first kappa shape index (κ1) is 24.4. The second kappa shape index (κ2) is 10.8. The molecule has 1 saturated heterocycles. The van der Waals surface area contributed by atoms with Crippen LogP contribution in [0.4, 0.5) is 0 Å². The quantitative estimate of drug-likeness (QED) is 0.281. The van der Waals surface area contributed by atoms with E-state index >= 15 is 0 Å². The molecule has 0 atom stereocenters. The average molecular weight is 518 g/mol. The first-order chi connectivity index (χ1) is 19.1. The number of carbonyl (C=O) groups is 1. The van der Waals surface area contributed by atoms with E-state index in [0.717, 1.165) is 35.7 Å². The van der Waals surface area contributed by atoms with Crippen LogP contribution in [0.5, 0.6) is 17.2 Å². The normalized spacial score (nSPS) is 13.7. The summed E-state index contributed by atoms with van der Waals surface area (Å²) in [5.74, 6) is 1.65. The molecule has 0 spiro atoms. The van der Waals surface area contributed by atoms with Crippen LogP contribution in [0, 0.1) is 0 Å². The number of amides is 1. The summed E-state index contributed by atoms with van der Waals surface area (Å²) < 4.78 is 5.89. The summed E-state index contributed by atoms with van der Waals surface area (Å²) in [7, 11) is 0. The van der Waals surface area contributed by atoms with Crippen molar-refractivity contribution < 1.29 is 14.6 Å². The van der Waals surface area contributed by atoms with Crippen molar-refractivity contribution in [2.75, 3.05) is 26.2 Å². The maximum absolute atomic E-state index is 13.7. The summed E-state index contributed by atoms with van der Waals surface area (Å²) in [5.41, 5.74) is 4.11. The Balaban J connectivity index is 1.33. The average Bonchev–Trinajstić information content (AvgIpc) is 3.40. The Morgan fingerprint density at radius 2 is 1.62 bits per heavy atom. The molecule has 0 radical (unpaired) electrons. The number of rotatable bonds is 6. The van der Waals surface area contributed by atoms with Gasteiger partial charge >= 0.3 is 0 Å². The van der Waals surface area contributed by atoms with Gasteiger partial charge in [0, 0.05) is 31.7 Å². The molecule has 194 valence electrons. The number of fused-ring (bicyclic) bond motifs is 1. The summed E-state index contributed by atoms with van der Waals surface area (Å²) in [6.07, 6.45) is 3.88. The highest BCUT2D eigenvalue weighted by Crippen LogP contribution is 2.29. The molecule has 6 rings (SSSR count). The molecule has 39 heavy (non-hydrogen) atoms. The summed E-state index contributed by atoms with van der Waals surface area (Å²) in [6.45, 7) is 2.79. The number of hydrogen-bond acceptors (Lipinski definition) is 6. The van der Waals surface area contributed by atoms with Gasteiger partial charge in [-0.1, -0.05) is 36.4 Å². The Morgan fingerprint density at radius 1 is 0.897 bits per heavy atom. The van der Waals surface area contributed by atoms with Gasteiger partial charge in [0.1, 0.15) is 17.2 Å². The van der Waals surface area contributed by atoms with Crippen molar-refractivity contribution in [1.82, 2.24) is 25.4 Å². The number of carbonyl (C=O) groups excluding carboxylic acids is 1. The number of nitrogens with zero attached hydrogens (tertiary/aromatic N) is 3. The van der Waals surface area contributed by atoms with E-state index in [2.05, 4.69) is 15.5 Å². The van der Waals surface area contributed by atoms with Gasteiger partial charge in [-0.25, -0.2) is 4.98 Å². The van der Waals surface area contributed by atoms with E-state index in [1.807, 2.05) is 77.7 Å². The summed E-state index contributed by atoms with van der Waals surface area (Å²) in [5, 5.41) is 21.2. The highest BCUT2D eigenvalue weighted by molar-refractivity contribution is 6.09. The smallest absolute Gasteiger partial charge is 0.254 e. The Morgan fingerprint density at radius 3 is 2.36 bits per heavy atom. The number of hydrogen-bond donors (Lipinski definition) is 3. The van der Waals surface area contributed by atoms with Crippen LogP contribution in [0.1, 0.15) is 21.6 Å². The Labute approximate surface area is 225 Å².